The van der Waals surface area contributed by atoms with Gasteiger partial charge in [0.2, 0.25) is 0 Å². The third kappa shape index (κ3) is 29.0. The number of pyridine rings is 2. The molecule has 0 unspecified atom stereocenters. The fourth-order valence-corrected chi connectivity index (χ4v) is 10.7. The molecular weight excluding hydrogens is 1560 g/mol. The van der Waals surface area contributed by atoms with E-state index < -0.39 is 23.4 Å². The van der Waals surface area contributed by atoms with Crippen LogP contribution in [0.25, 0.3) is 32.7 Å². The second kappa shape index (κ2) is 46.4. The van der Waals surface area contributed by atoms with Crippen molar-refractivity contribution < 1.29 is 48.2 Å². The van der Waals surface area contributed by atoms with Gasteiger partial charge in [0.15, 0.2) is 17.1 Å². The van der Waals surface area contributed by atoms with Crippen molar-refractivity contribution in [2.45, 2.75) is 109 Å². The summed E-state index contributed by atoms with van der Waals surface area (Å²) in [4.78, 5) is 78.1. The molecule has 0 spiro atoms. The Balaban J connectivity index is 0.000000273. The number of fused-ring (bicyclic) bond motifs is 3. The van der Waals surface area contributed by atoms with Gasteiger partial charge in [-0.25, -0.2) is 39.5 Å². The van der Waals surface area contributed by atoms with Crippen LogP contribution < -0.4 is 30.7 Å². The first-order valence-electron chi connectivity index (χ1n) is 36.0. The van der Waals surface area contributed by atoms with Gasteiger partial charge < -0.3 is 69.6 Å². The van der Waals surface area contributed by atoms with Gasteiger partial charge in [0.1, 0.15) is 97.9 Å². The Hall–Kier alpha value is -13.1. The number of hydrogen-bond donors (Lipinski definition) is 5. The molecule has 11 rings (SSSR count). The number of hydrogen-bond acceptors (Lipinski definition) is 25. The second-order valence-electron chi connectivity index (χ2n) is 26.8. The van der Waals surface area contributed by atoms with E-state index in [1.165, 1.54) is 34.8 Å². The highest BCUT2D eigenvalue weighted by Crippen LogP contribution is 2.35. The summed E-state index contributed by atoms with van der Waals surface area (Å²) in [5.41, 5.74) is 8.72. The average Bonchev–Trinajstić information content (AvgIpc) is 0.809. The third-order valence-electron chi connectivity index (χ3n) is 15.6. The highest BCUT2D eigenvalue weighted by Gasteiger charge is 2.22. The van der Waals surface area contributed by atoms with Gasteiger partial charge in [-0.2, -0.15) is 0 Å². The number of benzene rings is 6. The number of carbonyl (C=O) groups is 2. The average molecular weight is 1660 g/mol. The maximum absolute atomic E-state index is 12.2. The number of phenols is 1. The number of ether oxygens (including phenoxy) is 4. The van der Waals surface area contributed by atoms with E-state index in [0.717, 1.165) is 60.8 Å². The molecule has 27 nitrogen and oxygen atoms in total. The molecule has 0 radical (unpaired) electrons. The molecule has 118 heavy (non-hydrogen) atoms. The molecule has 0 aliphatic rings. The SMILES string of the molecule is C.C.C.CC#C/C(=N\OCCN(C)C(=O)OC(C)(C)C)c1ccc2ncnc(Nc3ccc(O)c(Cl)c3)c2c1.CC#C/C(=N\OCCN(C)C(=O)OC(C)(C)C)c1ccc2ncnc(Nc3ccc(OCc4cccnc4)c(Cl)c3)c2c1.CC#C/C(=N\OCCNC)c1ccc2ncnc(Nc3ccc(OCc4cccnc4)c(Cl)c3)c2c1. The zero-order valence-electron chi connectivity index (χ0n) is 65.5. The molecule has 0 aliphatic carbocycles. The van der Waals surface area contributed by atoms with Crippen molar-refractivity contribution in [1.82, 2.24) is 55.0 Å². The first-order chi connectivity index (χ1) is 55.4. The van der Waals surface area contributed by atoms with Gasteiger partial charge in [-0.3, -0.25) is 9.97 Å². The number of oxime groups is 3. The van der Waals surface area contributed by atoms with Crippen LogP contribution in [0.4, 0.5) is 44.1 Å². The van der Waals surface area contributed by atoms with Crippen LogP contribution in [0.3, 0.4) is 0 Å². The summed E-state index contributed by atoms with van der Waals surface area (Å²) in [7, 11) is 5.13. The molecule has 5 aromatic heterocycles. The zero-order valence-corrected chi connectivity index (χ0v) is 67.7. The topological polar surface area (TPSA) is 314 Å². The molecule has 6 aromatic carbocycles. The lowest BCUT2D eigenvalue weighted by Crippen LogP contribution is -2.35. The monoisotopic (exact) mass is 1660 g/mol. The summed E-state index contributed by atoms with van der Waals surface area (Å²) in [5, 5.41) is 38.6. The van der Waals surface area contributed by atoms with E-state index in [2.05, 4.69) is 112 Å². The minimum Gasteiger partial charge on any atom is -0.506 e. The van der Waals surface area contributed by atoms with E-state index >= 15 is 0 Å². The summed E-state index contributed by atoms with van der Waals surface area (Å²) < 4.78 is 22.4. The largest absolute Gasteiger partial charge is 0.506 e. The van der Waals surface area contributed by atoms with E-state index in [1.54, 1.807) is 90.0 Å². The first-order valence-corrected chi connectivity index (χ1v) is 37.1. The summed E-state index contributed by atoms with van der Waals surface area (Å²) in [6, 6.07) is 40.2. The van der Waals surface area contributed by atoms with Crippen LogP contribution in [0.15, 0.2) is 193 Å². The standard InChI is InChI=1S/C32H33ClN6O4.C27H25ClN6O2.C26H28ClN5O4.3CH4/c1-6-8-27(38-42-16-15-39(5)31(40)43-32(2,3)4)23-10-12-28-25(17-23)30(36-21-35-28)37-24-11-13-29(26(33)18-24)41-20-22-9-7-14-34-19-22;1-3-5-24(34-36-13-12-29-2)20-7-9-25-22(14-20)27(32-18-31-25)33-21-8-10-26(23(28)15-21)35-17-19-6-4-11-30-16-19;1-6-7-21(31-35-13-12-32(5)25(34)36-26(2,3)4)17-8-10-22-19(14-17)24(29-16-28-22)30-18-9-11-23(33)20(27)15-18;;;/h7,9-14,17-19,21H,15-16,20H2,1-5H3,(H,35,36,37);4,6-11,14-16,18,29H,12-13,17H2,1-2H3,(H,31,32,33);8-11,14-16,33H,12-13H2,1-5H3,(H,28,29,30);3*1H4/b38-27+;34-24+;31-21+;;;. The maximum atomic E-state index is 12.2. The van der Waals surface area contributed by atoms with E-state index in [9.17, 15) is 14.7 Å². The lowest BCUT2D eigenvalue weighted by molar-refractivity contribution is 0.0227. The van der Waals surface area contributed by atoms with Gasteiger partial charge in [-0.1, -0.05) is 102 Å². The highest BCUT2D eigenvalue weighted by atomic mass is 35.5. The summed E-state index contributed by atoms with van der Waals surface area (Å²) in [5.74, 6) is 20.4. The minimum absolute atomic E-state index is 0. The number of nitrogens with zero attached hydrogens (tertiary/aromatic N) is 13. The zero-order chi connectivity index (χ0) is 82.3. The molecular formula is C88H98Cl3N17O10. The second-order valence-corrected chi connectivity index (χ2v) is 28.1. The van der Waals surface area contributed by atoms with Crippen LogP contribution in [-0.2, 0) is 37.2 Å². The van der Waals surface area contributed by atoms with Crippen molar-refractivity contribution in [3.05, 3.63) is 220 Å². The van der Waals surface area contributed by atoms with E-state index in [0.29, 0.717) is 112 Å². The van der Waals surface area contributed by atoms with Gasteiger partial charge in [0, 0.05) is 106 Å². The molecule has 0 bridgehead atoms. The van der Waals surface area contributed by atoms with Crippen LogP contribution in [-0.4, -0.2) is 156 Å². The number of carbonyl (C=O) groups excluding carboxylic acids is 2. The molecule has 0 fully saturated rings. The van der Waals surface area contributed by atoms with Crippen molar-refractivity contribution in [2.24, 2.45) is 15.5 Å². The molecule has 11 aromatic rings. The number of likely N-dealkylation sites (N-methyl/N-ethyl adjacent to an activating group) is 3. The summed E-state index contributed by atoms with van der Waals surface area (Å²) >= 11 is 19.0. The van der Waals surface area contributed by atoms with Crippen LogP contribution in [0.2, 0.25) is 15.1 Å². The molecule has 0 atom stereocenters. The minimum atomic E-state index is -0.577. The van der Waals surface area contributed by atoms with Crippen LogP contribution in [0.1, 0.15) is 112 Å². The van der Waals surface area contributed by atoms with Crippen molar-refractivity contribution in [3.8, 4) is 52.8 Å². The molecule has 5 N–H and O–H groups in total. The maximum Gasteiger partial charge on any atom is 0.410 e. The van der Waals surface area contributed by atoms with Crippen molar-refractivity contribution in [1.29, 1.82) is 0 Å². The molecule has 0 aliphatic heterocycles. The predicted molar refractivity (Wildman–Crippen MR) is 471 cm³/mol. The Kier molecular flexibility index (Phi) is 36.9. The van der Waals surface area contributed by atoms with Gasteiger partial charge in [0.05, 0.1) is 44.7 Å². The molecule has 2 amide bonds. The van der Waals surface area contributed by atoms with Gasteiger partial charge >= 0.3 is 12.2 Å². The van der Waals surface area contributed by atoms with Crippen molar-refractivity contribution in [2.75, 3.05) is 76.5 Å². The number of anilines is 6. The number of amides is 2. The summed E-state index contributed by atoms with van der Waals surface area (Å²) in [6.07, 6.45) is 10.5. The lowest BCUT2D eigenvalue weighted by atomic mass is 10.1. The predicted octanol–water partition coefficient (Wildman–Crippen LogP) is 18.8. The third-order valence-corrected chi connectivity index (χ3v) is 16.5. The Bertz CT molecular complexity index is 5490. The quantitative estimate of drug-likeness (QED) is 0.0105. The van der Waals surface area contributed by atoms with E-state index in [4.69, 9.17) is 68.3 Å². The van der Waals surface area contributed by atoms with Gasteiger partial charge in [-0.05, 0) is 208 Å². The smallest absolute Gasteiger partial charge is 0.410 e. The van der Waals surface area contributed by atoms with E-state index in [1.807, 2.05) is 146 Å². The fourth-order valence-electron chi connectivity index (χ4n) is 10.1. The molecule has 0 saturated carbocycles. The number of nitrogens with one attached hydrogen (secondary N) is 4. The Morgan fingerprint density at radius 1 is 0.475 bits per heavy atom. The number of aromatic nitrogens is 8. The van der Waals surface area contributed by atoms with Gasteiger partial charge in [-0.15, -0.1) is 0 Å². The van der Waals surface area contributed by atoms with Crippen LogP contribution in [0.5, 0.6) is 17.2 Å². The number of aromatic hydroxyl groups is 1. The molecule has 616 valence electrons. The van der Waals surface area contributed by atoms with Crippen LogP contribution in [0, 0.1) is 35.5 Å². The molecule has 30 heteroatoms. The Labute approximate surface area is 704 Å². The summed E-state index contributed by atoms with van der Waals surface area (Å²) in [6.45, 7) is 18.8. The molecule has 0 saturated heterocycles. The highest BCUT2D eigenvalue weighted by molar-refractivity contribution is 6.33. The lowest BCUT2D eigenvalue weighted by Gasteiger charge is -2.24. The van der Waals surface area contributed by atoms with Gasteiger partial charge in [0.25, 0.3) is 0 Å². The Morgan fingerprint density at radius 3 is 1.15 bits per heavy atom. The number of phenolic OH excluding ortho intramolecular Hbond substituents is 1. The number of rotatable bonds is 27. The normalized spacial score (nSPS) is 11.0. The molecule has 5 heterocycles. The Morgan fingerprint density at radius 2 is 0.831 bits per heavy atom. The number of halogens is 3. The van der Waals surface area contributed by atoms with E-state index in [-0.39, 0.29) is 46.3 Å². The first kappa shape index (κ1) is 93.8. The fraction of sp³-hybridized carbons (Fsp3) is 0.284. The van der Waals surface area contributed by atoms with Crippen LogP contribution >= 0.6 is 34.8 Å². The van der Waals surface area contributed by atoms with Crippen molar-refractivity contribution >= 4 is 131 Å². The van der Waals surface area contributed by atoms with Crippen molar-refractivity contribution in [3.63, 3.8) is 0 Å².